The molecule has 7 rings (SSSR count). The number of ether oxygens (including phenoxy) is 2. The summed E-state index contributed by atoms with van der Waals surface area (Å²) >= 11 is 6.93. The van der Waals surface area contributed by atoms with Crippen molar-refractivity contribution in [1.29, 1.82) is 5.26 Å². The minimum Gasteiger partial charge on any atom is -0.497 e. The largest absolute Gasteiger partial charge is 0.497 e. The van der Waals surface area contributed by atoms with Crippen molar-refractivity contribution in [2.45, 2.75) is 37.9 Å². The predicted molar refractivity (Wildman–Crippen MR) is 166 cm³/mol. The molecular weight excluding hydrogens is 604 g/mol. The van der Waals surface area contributed by atoms with Gasteiger partial charge < -0.3 is 24.6 Å². The number of aromatic nitrogens is 4. The monoisotopic (exact) mass is 635 g/mol. The number of imidazole rings is 1. The van der Waals surface area contributed by atoms with Crippen LogP contribution in [-0.4, -0.2) is 83.1 Å². The van der Waals surface area contributed by atoms with Crippen molar-refractivity contribution in [3.8, 4) is 11.8 Å². The van der Waals surface area contributed by atoms with Crippen LogP contribution >= 0.6 is 11.6 Å². The lowest BCUT2D eigenvalue weighted by Gasteiger charge is -2.43. The van der Waals surface area contributed by atoms with E-state index in [0.717, 1.165) is 50.5 Å². The van der Waals surface area contributed by atoms with Gasteiger partial charge in [-0.15, -0.1) is 5.10 Å². The Bertz CT molecular complexity index is 1730. The normalized spacial score (nSPS) is 17.4. The number of hydrogen-bond donors (Lipinski definition) is 1. The molecule has 234 valence electrons. The van der Waals surface area contributed by atoms with Crippen LogP contribution in [0.5, 0.6) is 5.75 Å². The number of halogens is 3. The molecule has 1 aliphatic carbocycles. The van der Waals surface area contributed by atoms with Crippen molar-refractivity contribution in [1.82, 2.24) is 24.5 Å². The van der Waals surface area contributed by atoms with Gasteiger partial charge in [-0.25, -0.2) is 13.8 Å². The van der Waals surface area contributed by atoms with E-state index in [1.807, 2.05) is 29.2 Å². The van der Waals surface area contributed by atoms with E-state index in [0.29, 0.717) is 47.9 Å². The zero-order valence-electron chi connectivity index (χ0n) is 24.7. The zero-order valence-corrected chi connectivity index (χ0v) is 25.4. The number of piperazine rings is 1. The molecule has 2 aliphatic heterocycles. The molecule has 3 fully saturated rings. The summed E-state index contributed by atoms with van der Waals surface area (Å²) in [4.78, 5) is 15.9. The second-order valence-corrected chi connectivity index (χ2v) is 11.9. The van der Waals surface area contributed by atoms with Gasteiger partial charge in [0, 0.05) is 44.3 Å². The van der Waals surface area contributed by atoms with Gasteiger partial charge >= 0.3 is 0 Å². The van der Waals surface area contributed by atoms with E-state index in [2.05, 4.69) is 31.3 Å². The Hall–Kier alpha value is -4.25. The number of nitriles is 1. The van der Waals surface area contributed by atoms with E-state index in [4.69, 9.17) is 26.1 Å². The third-order valence-electron chi connectivity index (χ3n) is 8.60. The molecule has 1 N–H and O–H groups in total. The minimum atomic E-state index is -2.71. The Morgan fingerprint density at radius 2 is 1.91 bits per heavy atom. The molecular formula is C31H32ClF2N9O2. The Labute approximate surface area is 263 Å². The van der Waals surface area contributed by atoms with Crippen LogP contribution in [0, 0.1) is 11.3 Å². The highest BCUT2D eigenvalue weighted by Gasteiger charge is 2.33. The second-order valence-electron chi connectivity index (χ2n) is 11.5. The van der Waals surface area contributed by atoms with E-state index < -0.39 is 6.43 Å². The maximum Gasteiger partial charge on any atom is 0.264 e. The van der Waals surface area contributed by atoms with E-state index in [9.17, 15) is 14.0 Å². The smallest absolute Gasteiger partial charge is 0.264 e. The fraction of sp³-hybridized carbons (Fsp3) is 0.419. The Kier molecular flexibility index (Phi) is 8.03. The minimum absolute atomic E-state index is 0.112. The average molecular weight is 636 g/mol. The fourth-order valence-electron chi connectivity index (χ4n) is 5.84. The van der Waals surface area contributed by atoms with Gasteiger partial charge in [0.15, 0.2) is 17.2 Å². The van der Waals surface area contributed by atoms with Gasteiger partial charge in [0.05, 0.1) is 49.0 Å². The first-order valence-corrected chi connectivity index (χ1v) is 15.3. The maximum atomic E-state index is 14.2. The van der Waals surface area contributed by atoms with Crippen molar-refractivity contribution in [2.75, 3.05) is 61.6 Å². The van der Waals surface area contributed by atoms with Crippen LogP contribution in [0.2, 0.25) is 5.02 Å². The standard InChI is InChI=1S/C31H32ClF2N9O2/c1-44-24-6-2-19(3-7-24)16-42(21-4-5-21)30-29-36-15-22(14-35)43(29)39-31(38-30)37-25-12-20(28(33)34)13-26(27(25)32)41-10-8-40(9-11-41)23-17-45-18-23/h2-3,6-7,12-13,15,21,23,28H,4-5,8-11,16-18H2,1H3,(H,37,39). The number of benzene rings is 2. The van der Waals surface area contributed by atoms with E-state index in [1.54, 1.807) is 7.11 Å². The van der Waals surface area contributed by atoms with Crippen LogP contribution in [0.15, 0.2) is 42.6 Å². The molecule has 3 aliphatic rings. The second kappa shape index (κ2) is 12.3. The molecule has 14 heteroatoms. The van der Waals surface area contributed by atoms with Crippen LogP contribution in [0.3, 0.4) is 0 Å². The molecule has 0 amide bonds. The molecule has 45 heavy (non-hydrogen) atoms. The highest BCUT2D eigenvalue weighted by molar-refractivity contribution is 6.36. The number of anilines is 4. The first-order chi connectivity index (χ1) is 21.9. The molecule has 0 radical (unpaired) electrons. The van der Waals surface area contributed by atoms with Crippen molar-refractivity contribution in [2.24, 2.45) is 0 Å². The number of alkyl halides is 2. The number of hydrogen-bond acceptors (Lipinski definition) is 10. The summed E-state index contributed by atoms with van der Waals surface area (Å²) in [5.41, 5.74) is 2.33. The van der Waals surface area contributed by atoms with Gasteiger partial charge in [-0.05, 0) is 42.7 Å². The zero-order chi connectivity index (χ0) is 31.1. The Morgan fingerprint density at radius 3 is 2.53 bits per heavy atom. The molecule has 0 spiro atoms. The lowest BCUT2D eigenvalue weighted by atomic mass is 10.1. The predicted octanol–water partition coefficient (Wildman–Crippen LogP) is 5.03. The highest BCUT2D eigenvalue weighted by atomic mass is 35.5. The molecule has 0 bridgehead atoms. The van der Waals surface area contributed by atoms with Crippen molar-refractivity contribution >= 4 is 40.4 Å². The van der Waals surface area contributed by atoms with Gasteiger partial charge in [-0.3, -0.25) is 4.90 Å². The van der Waals surface area contributed by atoms with Gasteiger partial charge in [0.2, 0.25) is 5.95 Å². The molecule has 11 nitrogen and oxygen atoms in total. The molecule has 4 aromatic rings. The summed E-state index contributed by atoms with van der Waals surface area (Å²) < 4.78 is 40.4. The highest BCUT2D eigenvalue weighted by Crippen LogP contribution is 2.40. The van der Waals surface area contributed by atoms with E-state index in [1.165, 1.54) is 22.8 Å². The molecule has 1 saturated carbocycles. The van der Waals surface area contributed by atoms with Gasteiger partial charge in [0.25, 0.3) is 6.43 Å². The molecule has 2 aromatic heterocycles. The summed E-state index contributed by atoms with van der Waals surface area (Å²) in [5.74, 6) is 1.41. The molecule has 4 heterocycles. The summed E-state index contributed by atoms with van der Waals surface area (Å²) in [6, 6.07) is 13.4. The summed E-state index contributed by atoms with van der Waals surface area (Å²) in [6.07, 6.45) is 0.706. The maximum absolute atomic E-state index is 14.2. The third-order valence-corrected chi connectivity index (χ3v) is 8.99. The van der Waals surface area contributed by atoms with Crippen LogP contribution < -0.4 is 19.9 Å². The van der Waals surface area contributed by atoms with Crippen molar-refractivity contribution < 1.29 is 18.3 Å². The number of rotatable bonds is 10. The quantitative estimate of drug-likeness (QED) is 0.255. The SMILES string of the molecule is COc1ccc(CN(c2nc(Nc3cc(C(F)F)cc(N4CCN(C5COC5)CC4)c3Cl)nn3c(C#N)cnc23)C2CC2)cc1. The van der Waals surface area contributed by atoms with Crippen LogP contribution in [0.1, 0.15) is 36.1 Å². The van der Waals surface area contributed by atoms with E-state index in [-0.39, 0.29) is 28.9 Å². The Morgan fingerprint density at radius 1 is 1.16 bits per heavy atom. The summed E-state index contributed by atoms with van der Waals surface area (Å²) in [7, 11) is 1.63. The number of methoxy groups -OCH3 is 1. The summed E-state index contributed by atoms with van der Waals surface area (Å²) in [5, 5.41) is 17.8. The lowest BCUT2D eigenvalue weighted by Crippen LogP contribution is -2.56. The van der Waals surface area contributed by atoms with Gasteiger partial charge in [-0.2, -0.15) is 14.8 Å². The van der Waals surface area contributed by atoms with Crippen LogP contribution in [0.25, 0.3) is 5.65 Å². The molecule has 0 atom stereocenters. The Balaban J connectivity index is 1.23. The molecule has 2 saturated heterocycles. The van der Waals surface area contributed by atoms with E-state index >= 15 is 0 Å². The number of fused-ring (bicyclic) bond motifs is 1. The van der Waals surface area contributed by atoms with Crippen molar-refractivity contribution in [3.63, 3.8) is 0 Å². The molecule has 2 aromatic carbocycles. The first kappa shape index (κ1) is 29.5. The average Bonchev–Trinajstić information content (AvgIpc) is 3.79. The number of nitrogens with one attached hydrogen (secondary N) is 1. The van der Waals surface area contributed by atoms with Crippen molar-refractivity contribution in [3.05, 3.63) is 64.4 Å². The summed E-state index contributed by atoms with van der Waals surface area (Å²) in [6.45, 7) is 4.88. The van der Waals surface area contributed by atoms with Gasteiger partial charge in [-0.1, -0.05) is 23.7 Å². The third kappa shape index (κ3) is 5.93. The number of nitrogens with zero attached hydrogens (tertiary/aromatic N) is 8. The molecule has 0 unspecified atom stereocenters. The van der Waals surface area contributed by atoms with Crippen LogP contribution in [-0.2, 0) is 11.3 Å². The lowest BCUT2D eigenvalue weighted by molar-refractivity contribution is -0.0660. The van der Waals surface area contributed by atoms with Gasteiger partial charge in [0.1, 0.15) is 11.8 Å². The topological polar surface area (TPSA) is 107 Å². The fourth-order valence-corrected chi connectivity index (χ4v) is 6.12. The first-order valence-electron chi connectivity index (χ1n) is 14.9. The van der Waals surface area contributed by atoms with Crippen LogP contribution in [0.4, 0.5) is 31.9 Å².